The standard InChI is InChI=1S/C19H24N4O4S/c1-3-23(4-2)28(26,27)17-10-8-14(9-11-17)13-21-18(24)15-6-5-7-16(12-15)22-19(20)25/h5-12H,3-4,13H2,1-2H3,(H,21,24)(H3,20,22,25). The van der Waals surface area contributed by atoms with E-state index in [1.807, 2.05) is 0 Å². The van der Waals surface area contributed by atoms with Crippen LogP contribution in [0.3, 0.4) is 0 Å². The first-order valence-electron chi connectivity index (χ1n) is 8.81. The van der Waals surface area contributed by atoms with Crippen molar-refractivity contribution in [2.45, 2.75) is 25.3 Å². The molecule has 0 heterocycles. The van der Waals surface area contributed by atoms with Gasteiger partial charge in [-0.15, -0.1) is 0 Å². The molecule has 0 atom stereocenters. The van der Waals surface area contributed by atoms with E-state index in [4.69, 9.17) is 5.73 Å². The van der Waals surface area contributed by atoms with Gasteiger partial charge in [-0.2, -0.15) is 4.31 Å². The molecule has 2 rings (SSSR count). The van der Waals surface area contributed by atoms with Crippen molar-refractivity contribution >= 4 is 27.6 Å². The van der Waals surface area contributed by atoms with E-state index in [-0.39, 0.29) is 17.3 Å². The fourth-order valence-corrected chi connectivity index (χ4v) is 4.11. The lowest BCUT2D eigenvalue weighted by Gasteiger charge is -2.18. The van der Waals surface area contributed by atoms with E-state index >= 15 is 0 Å². The molecular weight excluding hydrogens is 380 g/mol. The van der Waals surface area contributed by atoms with Crippen LogP contribution in [0.5, 0.6) is 0 Å². The number of hydrogen-bond acceptors (Lipinski definition) is 4. The lowest BCUT2D eigenvalue weighted by atomic mass is 10.1. The molecule has 0 saturated heterocycles. The average Bonchev–Trinajstić information content (AvgIpc) is 2.67. The first-order chi connectivity index (χ1) is 13.3. The van der Waals surface area contributed by atoms with Gasteiger partial charge >= 0.3 is 6.03 Å². The molecule has 0 aliphatic carbocycles. The number of urea groups is 1. The lowest BCUT2D eigenvalue weighted by molar-refractivity contribution is 0.0951. The monoisotopic (exact) mass is 404 g/mol. The summed E-state index contributed by atoms with van der Waals surface area (Å²) >= 11 is 0. The molecule has 0 aliphatic rings. The van der Waals surface area contributed by atoms with Gasteiger partial charge in [-0.3, -0.25) is 4.79 Å². The minimum absolute atomic E-state index is 0.219. The third-order valence-electron chi connectivity index (χ3n) is 4.11. The predicted octanol–water partition coefficient (Wildman–Crippen LogP) is 2.14. The molecule has 0 fully saturated rings. The second-order valence-electron chi connectivity index (χ2n) is 5.99. The van der Waals surface area contributed by atoms with Crippen molar-refractivity contribution in [3.05, 3.63) is 59.7 Å². The van der Waals surface area contributed by atoms with E-state index in [0.717, 1.165) is 5.56 Å². The Hall–Kier alpha value is -2.91. The van der Waals surface area contributed by atoms with E-state index < -0.39 is 16.1 Å². The van der Waals surface area contributed by atoms with Gasteiger partial charge in [0.15, 0.2) is 0 Å². The van der Waals surface area contributed by atoms with Crippen LogP contribution < -0.4 is 16.4 Å². The van der Waals surface area contributed by atoms with E-state index in [1.165, 1.54) is 22.5 Å². The molecule has 2 aromatic carbocycles. The van der Waals surface area contributed by atoms with Gasteiger partial charge in [-0.25, -0.2) is 13.2 Å². The second kappa shape index (κ2) is 9.34. The number of hydrogen-bond donors (Lipinski definition) is 3. The van der Waals surface area contributed by atoms with Crippen LogP contribution in [0.1, 0.15) is 29.8 Å². The highest BCUT2D eigenvalue weighted by molar-refractivity contribution is 7.89. The molecule has 0 aliphatic heterocycles. The molecule has 3 amide bonds. The summed E-state index contributed by atoms with van der Waals surface area (Å²) in [4.78, 5) is 23.4. The third kappa shape index (κ3) is 5.30. The van der Waals surface area contributed by atoms with Crippen LogP contribution in [0.2, 0.25) is 0 Å². The van der Waals surface area contributed by atoms with Crippen molar-refractivity contribution in [2.24, 2.45) is 5.73 Å². The lowest BCUT2D eigenvalue weighted by Crippen LogP contribution is -2.30. The third-order valence-corrected chi connectivity index (χ3v) is 6.18. The minimum atomic E-state index is -3.51. The molecule has 0 bridgehead atoms. The quantitative estimate of drug-likeness (QED) is 0.624. The Morgan fingerprint density at radius 2 is 1.68 bits per heavy atom. The number of amides is 3. The smallest absolute Gasteiger partial charge is 0.316 e. The van der Waals surface area contributed by atoms with Gasteiger partial charge in [-0.05, 0) is 35.9 Å². The molecule has 8 nitrogen and oxygen atoms in total. The zero-order valence-corrected chi connectivity index (χ0v) is 16.6. The maximum Gasteiger partial charge on any atom is 0.316 e. The summed E-state index contributed by atoms with van der Waals surface area (Å²) in [6.07, 6.45) is 0. The Bertz CT molecular complexity index is 939. The maximum atomic E-state index is 12.5. The number of nitrogens with zero attached hydrogens (tertiary/aromatic N) is 1. The zero-order chi connectivity index (χ0) is 20.7. The van der Waals surface area contributed by atoms with E-state index in [9.17, 15) is 18.0 Å². The summed E-state index contributed by atoms with van der Waals surface area (Å²) in [6.45, 7) is 4.62. The van der Waals surface area contributed by atoms with Crippen LogP contribution >= 0.6 is 0 Å². The highest BCUT2D eigenvalue weighted by Crippen LogP contribution is 2.16. The van der Waals surface area contributed by atoms with Crippen molar-refractivity contribution < 1.29 is 18.0 Å². The summed E-state index contributed by atoms with van der Waals surface area (Å²) in [7, 11) is -3.51. The van der Waals surface area contributed by atoms with Crippen molar-refractivity contribution in [2.75, 3.05) is 18.4 Å². The number of sulfonamides is 1. The van der Waals surface area contributed by atoms with Crippen LogP contribution in [0.25, 0.3) is 0 Å². The van der Waals surface area contributed by atoms with Gasteiger partial charge < -0.3 is 16.4 Å². The molecule has 0 radical (unpaired) electrons. The largest absolute Gasteiger partial charge is 0.351 e. The van der Waals surface area contributed by atoms with E-state index in [2.05, 4.69) is 10.6 Å². The predicted molar refractivity (Wildman–Crippen MR) is 107 cm³/mol. The number of anilines is 1. The Kier molecular flexibility index (Phi) is 7.13. The van der Waals surface area contributed by atoms with Gasteiger partial charge in [0, 0.05) is 30.9 Å². The average molecular weight is 404 g/mol. The van der Waals surface area contributed by atoms with Gasteiger partial charge in [0.1, 0.15) is 0 Å². The number of carbonyl (C=O) groups is 2. The number of primary amides is 1. The summed E-state index contributed by atoms with van der Waals surface area (Å²) < 4.78 is 26.4. The Morgan fingerprint density at radius 1 is 1.04 bits per heavy atom. The Balaban J connectivity index is 2.03. The molecule has 0 spiro atoms. The molecule has 9 heteroatoms. The molecule has 0 unspecified atom stereocenters. The number of nitrogens with two attached hydrogens (primary N) is 1. The number of nitrogens with one attached hydrogen (secondary N) is 2. The van der Waals surface area contributed by atoms with E-state index in [1.54, 1.807) is 44.2 Å². The first kappa shape index (κ1) is 21.4. The fourth-order valence-electron chi connectivity index (χ4n) is 2.66. The SMILES string of the molecule is CCN(CC)S(=O)(=O)c1ccc(CNC(=O)c2cccc(NC(N)=O)c2)cc1. The fraction of sp³-hybridized carbons (Fsp3) is 0.263. The maximum absolute atomic E-state index is 12.5. The first-order valence-corrected chi connectivity index (χ1v) is 10.3. The van der Waals surface area contributed by atoms with Crippen LogP contribution in [0, 0.1) is 0 Å². The molecule has 150 valence electrons. The summed E-state index contributed by atoms with van der Waals surface area (Å²) in [5, 5.41) is 5.17. The van der Waals surface area contributed by atoms with Crippen LogP contribution in [-0.4, -0.2) is 37.8 Å². The van der Waals surface area contributed by atoms with Crippen molar-refractivity contribution in [3.8, 4) is 0 Å². The van der Waals surface area contributed by atoms with Gasteiger partial charge in [0.2, 0.25) is 10.0 Å². The Labute approximate surface area is 164 Å². The molecular formula is C19H24N4O4S. The van der Waals surface area contributed by atoms with Crippen LogP contribution in [0.15, 0.2) is 53.4 Å². The van der Waals surface area contributed by atoms with Crippen LogP contribution in [0.4, 0.5) is 10.5 Å². The summed E-state index contributed by atoms with van der Waals surface area (Å²) in [5.41, 5.74) is 6.62. The summed E-state index contributed by atoms with van der Waals surface area (Å²) in [5.74, 6) is -0.326. The normalized spacial score (nSPS) is 11.2. The Morgan fingerprint density at radius 3 is 2.25 bits per heavy atom. The molecule has 0 aromatic heterocycles. The zero-order valence-electron chi connectivity index (χ0n) is 15.8. The van der Waals surface area contributed by atoms with Crippen LogP contribution in [-0.2, 0) is 16.6 Å². The molecule has 28 heavy (non-hydrogen) atoms. The highest BCUT2D eigenvalue weighted by atomic mass is 32.2. The molecule has 4 N–H and O–H groups in total. The molecule has 2 aromatic rings. The van der Waals surface area contributed by atoms with Crippen molar-refractivity contribution in [1.29, 1.82) is 0 Å². The highest BCUT2D eigenvalue weighted by Gasteiger charge is 2.21. The van der Waals surface area contributed by atoms with Crippen molar-refractivity contribution in [3.63, 3.8) is 0 Å². The minimum Gasteiger partial charge on any atom is -0.351 e. The number of benzene rings is 2. The number of carbonyl (C=O) groups excluding carboxylic acids is 2. The van der Waals surface area contributed by atoms with Gasteiger partial charge in [0.25, 0.3) is 5.91 Å². The topological polar surface area (TPSA) is 122 Å². The second-order valence-corrected chi connectivity index (χ2v) is 7.92. The van der Waals surface area contributed by atoms with Gasteiger partial charge in [-0.1, -0.05) is 32.0 Å². The van der Waals surface area contributed by atoms with E-state index in [0.29, 0.717) is 24.3 Å². The molecule has 0 saturated carbocycles. The summed E-state index contributed by atoms with van der Waals surface area (Å²) in [6, 6.07) is 12.1. The van der Waals surface area contributed by atoms with Gasteiger partial charge in [0.05, 0.1) is 4.90 Å². The van der Waals surface area contributed by atoms with Crippen molar-refractivity contribution in [1.82, 2.24) is 9.62 Å². The number of rotatable bonds is 8.